The Morgan fingerprint density at radius 1 is 1.18 bits per heavy atom. The van der Waals surface area contributed by atoms with Crippen molar-refractivity contribution >= 4 is 5.69 Å². The van der Waals surface area contributed by atoms with E-state index in [-0.39, 0.29) is 0 Å². The summed E-state index contributed by atoms with van der Waals surface area (Å²) in [5.74, 6) is 0.489. The van der Waals surface area contributed by atoms with Gasteiger partial charge in [-0.3, -0.25) is 0 Å². The van der Waals surface area contributed by atoms with E-state index in [1.165, 1.54) is 29.5 Å². The Morgan fingerprint density at radius 3 is 2.53 bits per heavy atom. The highest BCUT2D eigenvalue weighted by Crippen LogP contribution is 2.36. The van der Waals surface area contributed by atoms with Crippen LogP contribution in [0.15, 0.2) is 6.07 Å². The molecule has 2 nitrogen and oxygen atoms in total. The van der Waals surface area contributed by atoms with Crippen LogP contribution in [0.25, 0.3) is 0 Å². The lowest BCUT2D eigenvalue weighted by Crippen LogP contribution is -2.11. The molecular weight excluding hydrogens is 210 g/mol. The van der Waals surface area contributed by atoms with Crippen LogP contribution >= 0.6 is 0 Å². The summed E-state index contributed by atoms with van der Waals surface area (Å²) in [5, 5.41) is 13.6. The molecule has 1 aliphatic carbocycles. The molecule has 0 heterocycles. The van der Waals surface area contributed by atoms with Crippen LogP contribution in [0.2, 0.25) is 0 Å². The maximum Gasteiger partial charge on any atom is 0.121 e. The van der Waals surface area contributed by atoms with Crippen LogP contribution in [0.5, 0.6) is 5.75 Å². The van der Waals surface area contributed by atoms with Crippen molar-refractivity contribution in [3.05, 3.63) is 22.8 Å². The zero-order chi connectivity index (χ0) is 12.3. The van der Waals surface area contributed by atoms with Gasteiger partial charge in [0.05, 0.1) is 0 Å². The van der Waals surface area contributed by atoms with Crippen molar-refractivity contribution in [3.8, 4) is 5.75 Å². The molecule has 0 spiro atoms. The zero-order valence-electron chi connectivity index (χ0n) is 11.0. The first-order chi connectivity index (χ1) is 8.27. The summed E-state index contributed by atoms with van der Waals surface area (Å²) in [4.78, 5) is 0. The lowest BCUT2D eigenvalue weighted by molar-refractivity contribution is 0.465. The van der Waals surface area contributed by atoms with Crippen molar-refractivity contribution in [2.45, 2.75) is 52.4 Å². The quantitative estimate of drug-likeness (QED) is 0.832. The topological polar surface area (TPSA) is 32.3 Å². The summed E-state index contributed by atoms with van der Waals surface area (Å²) in [6, 6.07) is 1.93. The van der Waals surface area contributed by atoms with E-state index in [1.807, 2.05) is 6.07 Å². The average Bonchev–Trinajstić information content (AvgIpc) is 2.34. The molecule has 0 radical (unpaired) electrons. The van der Waals surface area contributed by atoms with Crippen LogP contribution < -0.4 is 5.32 Å². The maximum absolute atomic E-state index is 10.2. The third-order valence-electron chi connectivity index (χ3n) is 3.61. The van der Waals surface area contributed by atoms with Crippen molar-refractivity contribution in [1.29, 1.82) is 0 Å². The van der Waals surface area contributed by atoms with Crippen molar-refractivity contribution in [3.63, 3.8) is 0 Å². The largest absolute Gasteiger partial charge is 0.508 e. The number of nitrogens with one attached hydrogen (secondary N) is 1. The average molecular weight is 233 g/mol. The summed E-state index contributed by atoms with van der Waals surface area (Å²) in [7, 11) is 0. The van der Waals surface area contributed by atoms with Crippen molar-refractivity contribution in [1.82, 2.24) is 0 Å². The van der Waals surface area contributed by atoms with Crippen LogP contribution in [0.1, 0.15) is 49.8 Å². The Kier molecular flexibility index (Phi) is 3.93. The molecule has 2 rings (SSSR count). The Labute approximate surface area is 104 Å². The third kappa shape index (κ3) is 2.41. The van der Waals surface area contributed by atoms with Gasteiger partial charge in [0.25, 0.3) is 0 Å². The molecule has 2 heteroatoms. The van der Waals surface area contributed by atoms with E-state index < -0.39 is 0 Å². The highest BCUT2D eigenvalue weighted by Gasteiger charge is 2.19. The molecule has 0 atom stereocenters. The number of hydrogen-bond acceptors (Lipinski definition) is 2. The van der Waals surface area contributed by atoms with Gasteiger partial charge in [0.1, 0.15) is 5.75 Å². The van der Waals surface area contributed by atoms with Gasteiger partial charge in [-0.05, 0) is 55.7 Å². The summed E-state index contributed by atoms with van der Waals surface area (Å²) >= 11 is 0. The fraction of sp³-hybridized carbons (Fsp3) is 0.600. The minimum absolute atomic E-state index is 0.489. The Morgan fingerprint density at radius 2 is 1.88 bits per heavy atom. The second-order valence-corrected chi connectivity index (χ2v) is 4.87. The molecule has 1 aromatic carbocycles. The molecule has 0 aliphatic heterocycles. The number of rotatable bonds is 4. The van der Waals surface area contributed by atoms with Gasteiger partial charge in [0.2, 0.25) is 0 Å². The van der Waals surface area contributed by atoms with Gasteiger partial charge in [-0.2, -0.15) is 0 Å². The van der Waals surface area contributed by atoms with E-state index in [9.17, 15) is 5.11 Å². The Balaban J connectivity index is 2.48. The molecule has 1 aromatic rings. The van der Waals surface area contributed by atoms with E-state index in [4.69, 9.17) is 0 Å². The molecule has 0 bridgehead atoms. The van der Waals surface area contributed by atoms with Gasteiger partial charge in [0.15, 0.2) is 0 Å². The van der Waals surface area contributed by atoms with Gasteiger partial charge >= 0.3 is 0 Å². The van der Waals surface area contributed by atoms with Crippen molar-refractivity contribution < 1.29 is 5.11 Å². The second-order valence-electron chi connectivity index (χ2n) is 4.87. The van der Waals surface area contributed by atoms with E-state index >= 15 is 0 Å². The molecular formula is C15H23NO. The zero-order valence-corrected chi connectivity index (χ0v) is 11.0. The summed E-state index contributed by atoms with van der Waals surface area (Å²) < 4.78 is 0. The van der Waals surface area contributed by atoms with E-state index in [0.29, 0.717) is 5.75 Å². The van der Waals surface area contributed by atoms with Crippen LogP contribution in [0.3, 0.4) is 0 Å². The maximum atomic E-state index is 10.2. The highest BCUT2D eigenvalue weighted by atomic mass is 16.3. The molecule has 0 saturated heterocycles. The normalized spacial score (nSPS) is 14.5. The van der Waals surface area contributed by atoms with Gasteiger partial charge in [0, 0.05) is 18.3 Å². The van der Waals surface area contributed by atoms with Gasteiger partial charge in [-0.25, -0.2) is 0 Å². The number of benzene rings is 1. The summed E-state index contributed by atoms with van der Waals surface area (Å²) in [5.41, 5.74) is 5.23. The number of hydrogen-bond donors (Lipinski definition) is 2. The summed E-state index contributed by atoms with van der Waals surface area (Å²) in [6.45, 7) is 5.19. The molecule has 0 unspecified atom stereocenters. The minimum atomic E-state index is 0.489. The fourth-order valence-electron chi connectivity index (χ4n) is 2.88. The monoisotopic (exact) mass is 233 g/mol. The van der Waals surface area contributed by atoms with Crippen molar-refractivity contribution in [2.75, 3.05) is 11.9 Å². The molecule has 1 aliphatic rings. The first-order valence-electron chi connectivity index (χ1n) is 6.88. The smallest absolute Gasteiger partial charge is 0.121 e. The molecule has 0 amide bonds. The molecule has 2 N–H and O–H groups in total. The molecule has 0 aromatic heterocycles. The summed E-state index contributed by atoms with van der Waals surface area (Å²) in [6.07, 6.45) is 6.94. The highest BCUT2D eigenvalue weighted by molar-refractivity contribution is 5.63. The standard InChI is InChI=1S/C15H23NO/c1-3-7-13-11-8-5-6-9-12(11)14(16-4-2)10-15(13)17/h10,16-17H,3-9H2,1-2H3. The van der Waals surface area contributed by atoms with Crippen LogP contribution in [0, 0.1) is 0 Å². The minimum Gasteiger partial charge on any atom is -0.508 e. The van der Waals surface area contributed by atoms with Crippen LogP contribution in [-0.4, -0.2) is 11.7 Å². The van der Waals surface area contributed by atoms with E-state index in [0.717, 1.165) is 37.9 Å². The van der Waals surface area contributed by atoms with Gasteiger partial charge < -0.3 is 10.4 Å². The van der Waals surface area contributed by atoms with E-state index in [1.54, 1.807) is 0 Å². The van der Waals surface area contributed by atoms with E-state index in [2.05, 4.69) is 19.2 Å². The Bertz CT molecular complexity index is 398. The van der Waals surface area contributed by atoms with Crippen molar-refractivity contribution in [2.24, 2.45) is 0 Å². The molecule has 0 saturated carbocycles. The predicted molar refractivity (Wildman–Crippen MR) is 72.9 cm³/mol. The number of fused-ring (bicyclic) bond motifs is 1. The van der Waals surface area contributed by atoms with Gasteiger partial charge in [-0.15, -0.1) is 0 Å². The van der Waals surface area contributed by atoms with Crippen LogP contribution in [-0.2, 0) is 19.3 Å². The SMILES string of the molecule is CCCc1c(O)cc(NCC)c2c1CCCC2. The first kappa shape index (κ1) is 12.3. The number of phenols is 1. The van der Waals surface area contributed by atoms with Gasteiger partial charge in [-0.1, -0.05) is 13.3 Å². The second kappa shape index (κ2) is 5.44. The fourth-order valence-corrected chi connectivity index (χ4v) is 2.88. The lowest BCUT2D eigenvalue weighted by Gasteiger charge is -2.24. The Hall–Kier alpha value is -1.18. The molecule has 94 valence electrons. The number of phenolic OH excluding ortho intramolecular Hbond substituents is 1. The number of anilines is 1. The predicted octanol–water partition coefficient (Wildman–Crippen LogP) is 3.66. The molecule has 0 fully saturated rings. The van der Waals surface area contributed by atoms with Crippen LogP contribution in [0.4, 0.5) is 5.69 Å². The first-order valence-corrected chi connectivity index (χ1v) is 6.88. The molecule has 17 heavy (non-hydrogen) atoms. The lowest BCUT2D eigenvalue weighted by atomic mass is 9.85. The number of aromatic hydroxyl groups is 1. The third-order valence-corrected chi connectivity index (χ3v) is 3.61.